The minimum atomic E-state index is -1.04. The summed E-state index contributed by atoms with van der Waals surface area (Å²) in [4.78, 5) is 28.0. The van der Waals surface area contributed by atoms with Crippen molar-refractivity contribution in [2.45, 2.75) is 32.4 Å². The van der Waals surface area contributed by atoms with Crippen molar-refractivity contribution in [1.29, 1.82) is 0 Å². The number of nitrogens with one attached hydrogen (secondary N) is 1. The number of halogens is 2. The minimum absolute atomic E-state index is 0.0740. The van der Waals surface area contributed by atoms with E-state index in [2.05, 4.69) is 14.9 Å². The van der Waals surface area contributed by atoms with E-state index in [1.165, 1.54) is 22.4 Å². The molecule has 0 fully saturated rings. The molecule has 2 aromatic carbocycles. The zero-order valence-electron chi connectivity index (χ0n) is 16.6. The molecular formula is C21H20ClFN4O2S. The molecule has 1 N–H and O–H groups in total. The van der Waals surface area contributed by atoms with Gasteiger partial charge in [-0.1, -0.05) is 46.4 Å². The second-order valence-corrected chi connectivity index (χ2v) is 8.63. The fraction of sp³-hybridized carbons (Fsp3) is 0.238. The standard InChI is InChI=1S/C21H20ClFN4O2S/c1-21(2,3)24-19(28)18(13-7-5-4-6-8-13)27(20(29)17-12-30-26-25-17)14-9-10-16(23)15(22)11-14/h4-12,18H,1-3H3,(H,24,28). The topological polar surface area (TPSA) is 75.2 Å². The first-order valence-corrected chi connectivity index (χ1v) is 10.3. The Bertz CT molecular complexity index is 1040. The van der Waals surface area contributed by atoms with Crippen molar-refractivity contribution in [1.82, 2.24) is 14.9 Å². The molecule has 30 heavy (non-hydrogen) atoms. The molecule has 6 nitrogen and oxygen atoms in total. The third-order valence-electron chi connectivity index (χ3n) is 4.10. The van der Waals surface area contributed by atoms with E-state index in [1.807, 2.05) is 26.8 Å². The summed E-state index contributed by atoms with van der Waals surface area (Å²) in [6.45, 7) is 5.54. The lowest BCUT2D eigenvalue weighted by Gasteiger charge is -2.33. The van der Waals surface area contributed by atoms with Gasteiger partial charge in [0.2, 0.25) is 5.91 Å². The van der Waals surface area contributed by atoms with Gasteiger partial charge in [0.05, 0.1) is 5.02 Å². The summed E-state index contributed by atoms with van der Waals surface area (Å²) in [6.07, 6.45) is 0. The van der Waals surface area contributed by atoms with Crippen molar-refractivity contribution in [3.63, 3.8) is 0 Å². The molecule has 0 aliphatic rings. The van der Waals surface area contributed by atoms with E-state index in [9.17, 15) is 14.0 Å². The lowest BCUT2D eigenvalue weighted by molar-refractivity contribution is -0.123. The van der Waals surface area contributed by atoms with E-state index in [-0.39, 0.29) is 16.4 Å². The van der Waals surface area contributed by atoms with E-state index in [0.29, 0.717) is 5.56 Å². The first kappa shape index (κ1) is 21.9. The highest BCUT2D eigenvalue weighted by Crippen LogP contribution is 2.32. The van der Waals surface area contributed by atoms with Crippen molar-refractivity contribution in [3.8, 4) is 0 Å². The molecule has 3 aromatic rings. The molecule has 0 saturated heterocycles. The molecule has 0 aliphatic carbocycles. The molecule has 1 aromatic heterocycles. The number of rotatable bonds is 5. The van der Waals surface area contributed by atoms with Gasteiger partial charge in [-0.05, 0) is 56.1 Å². The first-order chi connectivity index (χ1) is 14.2. The molecule has 3 rings (SSSR count). The summed E-state index contributed by atoms with van der Waals surface area (Å²) in [7, 11) is 0. The zero-order valence-corrected chi connectivity index (χ0v) is 18.2. The van der Waals surface area contributed by atoms with Gasteiger partial charge in [0, 0.05) is 16.6 Å². The number of hydrogen-bond donors (Lipinski definition) is 1. The Balaban J connectivity index is 2.18. The number of carbonyl (C=O) groups excluding carboxylic acids is 2. The monoisotopic (exact) mass is 446 g/mol. The van der Waals surface area contributed by atoms with Gasteiger partial charge < -0.3 is 5.32 Å². The predicted octanol–water partition coefficient (Wildman–Crippen LogP) is 4.63. The molecule has 0 spiro atoms. The van der Waals surface area contributed by atoms with Gasteiger partial charge in [0.25, 0.3) is 5.91 Å². The maximum Gasteiger partial charge on any atom is 0.280 e. The Labute approximate surface area is 182 Å². The van der Waals surface area contributed by atoms with Crippen LogP contribution in [0.5, 0.6) is 0 Å². The molecule has 9 heteroatoms. The molecular weight excluding hydrogens is 427 g/mol. The molecule has 156 valence electrons. The van der Waals surface area contributed by atoms with Gasteiger partial charge in [0.1, 0.15) is 11.9 Å². The molecule has 2 amide bonds. The number of aromatic nitrogens is 2. The Morgan fingerprint density at radius 1 is 1.17 bits per heavy atom. The van der Waals surface area contributed by atoms with Crippen molar-refractivity contribution in [2.75, 3.05) is 4.90 Å². The van der Waals surface area contributed by atoms with Crippen LogP contribution in [0.15, 0.2) is 53.9 Å². The van der Waals surface area contributed by atoms with Crippen LogP contribution in [0.25, 0.3) is 0 Å². The van der Waals surface area contributed by atoms with Gasteiger partial charge >= 0.3 is 0 Å². The van der Waals surface area contributed by atoms with Crippen LogP contribution in [-0.2, 0) is 4.79 Å². The zero-order chi connectivity index (χ0) is 21.9. The quantitative estimate of drug-likeness (QED) is 0.619. The second kappa shape index (κ2) is 8.89. The Morgan fingerprint density at radius 3 is 2.43 bits per heavy atom. The third-order valence-corrected chi connectivity index (χ3v) is 4.89. The summed E-state index contributed by atoms with van der Waals surface area (Å²) in [5.74, 6) is -1.58. The summed E-state index contributed by atoms with van der Waals surface area (Å²) in [6, 6.07) is 11.7. The number of amides is 2. The van der Waals surface area contributed by atoms with Crippen molar-refractivity contribution in [3.05, 3.63) is 76.0 Å². The molecule has 1 unspecified atom stereocenters. The summed E-state index contributed by atoms with van der Waals surface area (Å²) >= 11 is 7.00. The highest BCUT2D eigenvalue weighted by atomic mass is 35.5. The molecule has 1 heterocycles. The Hall–Kier alpha value is -2.84. The van der Waals surface area contributed by atoms with Crippen molar-refractivity contribution < 1.29 is 14.0 Å². The van der Waals surface area contributed by atoms with E-state index in [0.717, 1.165) is 17.6 Å². The first-order valence-electron chi connectivity index (χ1n) is 9.10. The average molecular weight is 447 g/mol. The fourth-order valence-electron chi connectivity index (χ4n) is 2.89. The van der Waals surface area contributed by atoms with Gasteiger partial charge in [0.15, 0.2) is 5.69 Å². The van der Waals surface area contributed by atoms with E-state index < -0.39 is 29.2 Å². The van der Waals surface area contributed by atoms with Gasteiger partial charge in [-0.15, -0.1) is 5.10 Å². The molecule has 0 aliphatic heterocycles. The largest absolute Gasteiger partial charge is 0.349 e. The number of anilines is 1. The van der Waals surface area contributed by atoms with Crippen LogP contribution in [0.4, 0.5) is 10.1 Å². The predicted molar refractivity (Wildman–Crippen MR) is 115 cm³/mol. The number of carbonyl (C=O) groups is 2. The Kier molecular flexibility index (Phi) is 6.48. The van der Waals surface area contributed by atoms with Crippen LogP contribution in [0.2, 0.25) is 5.02 Å². The SMILES string of the molecule is CC(C)(C)NC(=O)C(c1ccccc1)N(C(=O)c1csnn1)c1ccc(F)c(Cl)c1. The minimum Gasteiger partial charge on any atom is -0.349 e. The molecule has 0 radical (unpaired) electrons. The molecule has 0 saturated carbocycles. The highest BCUT2D eigenvalue weighted by Gasteiger charge is 2.36. The van der Waals surface area contributed by atoms with Crippen LogP contribution in [-0.4, -0.2) is 26.9 Å². The lowest BCUT2D eigenvalue weighted by Crippen LogP contribution is -2.49. The lowest BCUT2D eigenvalue weighted by atomic mass is 10.0. The van der Waals surface area contributed by atoms with E-state index >= 15 is 0 Å². The number of hydrogen-bond acceptors (Lipinski definition) is 5. The Morgan fingerprint density at radius 2 is 1.87 bits per heavy atom. The smallest absolute Gasteiger partial charge is 0.280 e. The highest BCUT2D eigenvalue weighted by molar-refractivity contribution is 7.03. The van der Waals surface area contributed by atoms with Gasteiger partial charge in [-0.25, -0.2) is 4.39 Å². The van der Waals surface area contributed by atoms with Crippen molar-refractivity contribution >= 4 is 40.6 Å². The fourth-order valence-corrected chi connectivity index (χ4v) is 3.50. The van der Waals surface area contributed by atoms with E-state index in [4.69, 9.17) is 11.6 Å². The average Bonchev–Trinajstić information content (AvgIpc) is 3.22. The molecule has 1 atom stereocenters. The maximum absolute atomic E-state index is 13.8. The van der Waals surface area contributed by atoms with Crippen LogP contribution in [0, 0.1) is 5.82 Å². The third kappa shape index (κ3) is 5.01. The normalized spacial score (nSPS) is 12.3. The summed E-state index contributed by atoms with van der Waals surface area (Å²) in [5, 5.41) is 8.10. The number of nitrogens with zero attached hydrogens (tertiary/aromatic N) is 3. The van der Waals surface area contributed by atoms with Crippen LogP contribution >= 0.6 is 23.1 Å². The second-order valence-electron chi connectivity index (χ2n) is 7.62. The summed E-state index contributed by atoms with van der Waals surface area (Å²) in [5.41, 5.74) is 0.375. The maximum atomic E-state index is 13.8. The summed E-state index contributed by atoms with van der Waals surface area (Å²) < 4.78 is 17.6. The number of benzene rings is 2. The van der Waals surface area contributed by atoms with Crippen molar-refractivity contribution in [2.24, 2.45) is 0 Å². The van der Waals surface area contributed by atoms with E-state index in [1.54, 1.807) is 24.3 Å². The van der Waals surface area contributed by atoms with Crippen LogP contribution < -0.4 is 10.2 Å². The van der Waals surface area contributed by atoms with Gasteiger partial charge in [-0.2, -0.15) is 0 Å². The molecule has 0 bridgehead atoms. The van der Waals surface area contributed by atoms with Crippen LogP contribution in [0.3, 0.4) is 0 Å². The van der Waals surface area contributed by atoms with Gasteiger partial charge in [-0.3, -0.25) is 14.5 Å². The van der Waals surface area contributed by atoms with Crippen LogP contribution in [0.1, 0.15) is 42.9 Å².